The molecule has 1 aromatic carbocycles. The number of hydrogen-bond donors (Lipinski definition) is 1. The lowest BCUT2D eigenvalue weighted by Crippen LogP contribution is -2.45. The van der Waals surface area contributed by atoms with Crippen LogP contribution in [0.2, 0.25) is 0 Å². The van der Waals surface area contributed by atoms with Gasteiger partial charge in [0.1, 0.15) is 5.25 Å². The summed E-state index contributed by atoms with van der Waals surface area (Å²) in [6, 6.07) is 7.03. The Hall–Kier alpha value is -1.40. The van der Waals surface area contributed by atoms with Crippen molar-refractivity contribution in [2.24, 2.45) is 0 Å². The fourth-order valence-electron chi connectivity index (χ4n) is 3.29. The molecule has 1 N–H and O–H groups in total. The largest absolute Gasteiger partial charge is 0.385 e. The molecule has 0 aromatic heterocycles. The van der Waals surface area contributed by atoms with Crippen LogP contribution < -0.4 is 4.90 Å². The van der Waals surface area contributed by atoms with Gasteiger partial charge < -0.3 is 10.0 Å². The molecule has 20 heavy (non-hydrogen) atoms. The maximum absolute atomic E-state index is 12.2. The molecular weight excluding hydrogens is 278 g/mol. The Kier molecular flexibility index (Phi) is 2.24. The second-order valence-electron chi connectivity index (χ2n) is 5.99. The number of carbonyl (C=O) groups excluding carboxylic acids is 1. The van der Waals surface area contributed by atoms with E-state index in [0.29, 0.717) is 6.42 Å². The molecule has 6 heteroatoms. The second kappa shape index (κ2) is 3.62. The molecular formula is C14H15NO4S. The fourth-order valence-corrected chi connectivity index (χ4v) is 5.28. The molecule has 2 heterocycles. The van der Waals surface area contributed by atoms with E-state index in [1.54, 1.807) is 17.0 Å². The number of nitrogens with zero attached hydrogens (tertiary/aromatic N) is 1. The molecule has 1 amide bonds. The number of sulfone groups is 1. The van der Waals surface area contributed by atoms with Gasteiger partial charge in [0, 0.05) is 5.69 Å². The van der Waals surface area contributed by atoms with Crippen LogP contribution in [0.4, 0.5) is 5.69 Å². The van der Waals surface area contributed by atoms with E-state index in [4.69, 9.17) is 0 Å². The normalized spacial score (nSPS) is 32.6. The topological polar surface area (TPSA) is 74.7 Å². The van der Waals surface area contributed by atoms with Crippen molar-refractivity contribution >= 4 is 21.4 Å². The molecule has 3 fully saturated rings. The van der Waals surface area contributed by atoms with Crippen LogP contribution in [0, 0.1) is 0 Å². The Labute approximate surface area is 117 Å². The zero-order chi connectivity index (χ0) is 14.1. The second-order valence-corrected chi connectivity index (χ2v) is 8.22. The Bertz CT molecular complexity index is 690. The minimum atomic E-state index is -3.23. The summed E-state index contributed by atoms with van der Waals surface area (Å²) in [5.74, 6) is -0.242. The quantitative estimate of drug-likeness (QED) is 0.865. The van der Waals surface area contributed by atoms with Crippen molar-refractivity contribution in [2.45, 2.75) is 36.2 Å². The van der Waals surface area contributed by atoms with Gasteiger partial charge in [0.15, 0.2) is 9.84 Å². The van der Waals surface area contributed by atoms with Gasteiger partial charge >= 0.3 is 0 Å². The minimum absolute atomic E-state index is 0.0646. The average molecular weight is 293 g/mol. The SMILES string of the molecule is O=C1C2CC(CS2(=O)=O)N1c1ccc(C2(O)CC2)cc1. The lowest BCUT2D eigenvalue weighted by atomic mass is 10.1. The third-order valence-corrected chi connectivity index (χ3v) is 6.74. The first-order valence-corrected chi connectivity index (χ1v) is 8.50. The van der Waals surface area contributed by atoms with Gasteiger partial charge in [-0.05, 0) is 37.0 Å². The number of anilines is 1. The van der Waals surface area contributed by atoms with Gasteiger partial charge in [-0.15, -0.1) is 0 Å². The maximum atomic E-state index is 12.2. The van der Waals surface area contributed by atoms with Crippen molar-refractivity contribution in [2.75, 3.05) is 10.7 Å². The van der Waals surface area contributed by atoms with E-state index in [1.807, 2.05) is 12.1 Å². The molecule has 2 bridgehead atoms. The van der Waals surface area contributed by atoms with Gasteiger partial charge in [0.25, 0.3) is 0 Å². The first-order valence-electron chi connectivity index (χ1n) is 6.78. The molecule has 0 spiro atoms. The van der Waals surface area contributed by atoms with Gasteiger partial charge in [-0.3, -0.25) is 4.79 Å². The molecule has 3 aliphatic rings. The third-order valence-electron chi connectivity index (χ3n) is 4.63. The van der Waals surface area contributed by atoms with E-state index in [2.05, 4.69) is 0 Å². The first kappa shape index (κ1) is 12.3. The highest BCUT2D eigenvalue weighted by atomic mass is 32.2. The summed E-state index contributed by atoms with van der Waals surface area (Å²) in [6.45, 7) is 0. The van der Waals surface area contributed by atoms with E-state index >= 15 is 0 Å². The van der Waals surface area contributed by atoms with E-state index in [0.717, 1.165) is 24.1 Å². The number of aliphatic hydroxyl groups is 1. The number of fused-ring (bicyclic) bond motifs is 2. The Morgan fingerprint density at radius 1 is 1.20 bits per heavy atom. The minimum Gasteiger partial charge on any atom is -0.385 e. The Balaban J connectivity index is 1.65. The Morgan fingerprint density at radius 2 is 1.85 bits per heavy atom. The summed E-state index contributed by atoms with van der Waals surface area (Å²) in [5, 5.41) is 9.17. The van der Waals surface area contributed by atoms with Crippen molar-refractivity contribution in [1.29, 1.82) is 0 Å². The van der Waals surface area contributed by atoms with Crippen LogP contribution in [0.25, 0.3) is 0 Å². The number of amides is 1. The highest BCUT2D eigenvalue weighted by Gasteiger charge is 2.55. The van der Waals surface area contributed by atoms with E-state index in [9.17, 15) is 18.3 Å². The van der Waals surface area contributed by atoms with Gasteiger partial charge in [0.2, 0.25) is 5.91 Å². The predicted octanol–water partition coefficient (Wildman–Crippen LogP) is 0.570. The Morgan fingerprint density at radius 3 is 2.35 bits per heavy atom. The maximum Gasteiger partial charge on any atom is 0.245 e. The van der Waals surface area contributed by atoms with E-state index in [1.165, 1.54) is 0 Å². The van der Waals surface area contributed by atoms with Crippen LogP contribution in [-0.2, 0) is 20.2 Å². The van der Waals surface area contributed by atoms with Crippen LogP contribution in [0.5, 0.6) is 0 Å². The zero-order valence-corrected chi connectivity index (χ0v) is 11.6. The molecule has 2 saturated heterocycles. The molecule has 106 valence electrons. The summed E-state index contributed by atoms with van der Waals surface area (Å²) >= 11 is 0. The van der Waals surface area contributed by atoms with Crippen molar-refractivity contribution in [1.82, 2.24) is 0 Å². The summed E-state index contributed by atoms with van der Waals surface area (Å²) in [7, 11) is -3.23. The number of rotatable bonds is 2. The number of carbonyl (C=O) groups is 1. The summed E-state index contributed by atoms with van der Waals surface area (Å²) < 4.78 is 23.4. The van der Waals surface area contributed by atoms with E-state index < -0.39 is 20.7 Å². The van der Waals surface area contributed by atoms with Gasteiger partial charge in [-0.25, -0.2) is 8.42 Å². The van der Waals surface area contributed by atoms with Crippen LogP contribution >= 0.6 is 0 Å². The standard InChI is InChI=1S/C14H15NO4S/c16-13-12-7-11(8-20(12,18)19)15(13)10-3-1-9(2-4-10)14(17)5-6-14/h1-4,11-12,17H,5-8H2. The van der Waals surface area contributed by atoms with Gasteiger partial charge in [0.05, 0.1) is 17.4 Å². The van der Waals surface area contributed by atoms with Crippen molar-refractivity contribution in [3.05, 3.63) is 29.8 Å². The molecule has 2 unspecified atom stereocenters. The van der Waals surface area contributed by atoms with Gasteiger partial charge in [-0.1, -0.05) is 12.1 Å². The highest BCUT2D eigenvalue weighted by Crippen LogP contribution is 2.46. The number of benzene rings is 1. The van der Waals surface area contributed by atoms with Crippen molar-refractivity contribution in [3.63, 3.8) is 0 Å². The highest BCUT2D eigenvalue weighted by molar-refractivity contribution is 7.93. The summed E-state index contributed by atoms with van der Waals surface area (Å²) in [5.41, 5.74) is 0.909. The lowest BCUT2D eigenvalue weighted by Gasteiger charge is -2.27. The monoisotopic (exact) mass is 293 g/mol. The third kappa shape index (κ3) is 1.58. The molecule has 2 aliphatic heterocycles. The zero-order valence-electron chi connectivity index (χ0n) is 10.8. The molecule has 1 aliphatic carbocycles. The molecule has 5 nitrogen and oxygen atoms in total. The smallest absolute Gasteiger partial charge is 0.245 e. The van der Waals surface area contributed by atoms with Crippen LogP contribution in [-0.4, -0.2) is 36.5 Å². The average Bonchev–Trinajstić information content (AvgIpc) is 2.95. The fraction of sp³-hybridized carbons (Fsp3) is 0.500. The summed E-state index contributed by atoms with van der Waals surface area (Å²) in [4.78, 5) is 13.8. The van der Waals surface area contributed by atoms with Crippen LogP contribution in [0.15, 0.2) is 24.3 Å². The molecule has 1 aromatic rings. The van der Waals surface area contributed by atoms with E-state index in [-0.39, 0.29) is 17.7 Å². The van der Waals surface area contributed by atoms with Crippen molar-refractivity contribution in [3.8, 4) is 0 Å². The molecule has 2 atom stereocenters. The molecule has 4 rings (SSSR count). The molecule has 0 radical (unpaired) electrons. The lowest BCUT2D eigenvalue weighted by molar-refractivity contribution is -0.117. The van der Waals surface area contributed by atoms with Crippen LogP contribution in [0.3, 0.4) is 0 Å². The van der Waals surface area contributed by atoms with Gasteiger partial charge in [-0.2, -0.15) is 0 Å². The predicted molar refractivity (Wildman–Crippen MR) is 73.0 cm³/mol. The number of hydrogen-bond acceptors (Lipinski definition) is 4. The van der Waals surface area contributed by atoms with Crippen molar-refractivity contribution < 1.29 is 18.3 Å². The van der Waals surface area contributed by atoms with Crippen LogP contribution in [0.1, 0.15) is 24.8 Å². The first-order chi connectivity index (χ1) is 9.41. The molecule has 1 saturated carbocycles. The summed E-state index contributed by atoms with van der Waals surface area (Å²) in [6.07, 6.45) is 1.96.